The Morgan fingerprint density at radius 1 is 1.53 bits per heavy atom. The van der Waals surface area contributed by atoms with Gasteiger partial charge in [-0.15, -0.1) is 0 Å². The summed E-state index contributed by atoms with van der Waals surface area (Å²) >= 11 is 0. The highest BCUT2D eigenvalue weighted by atomic mass is 19.1. The molecule has 0 radical (unpaired) electrons. The van der Waals surface area contributed by atoms with Crippen molar-refractivity contribution in [3.8, 4) is 0 Å². The van der Waals surface area contributed by atoms with Crippen LogP contribution >= 0.6 is 0 Å². The van der Waals surface area contributed by atoms with E-state index in [1.807, 2.05) is 0 Å². The van der Waals surface area contributed by atoms with Crippen LogP contribution in [0.25, 0.3) is 0 Å². The number of amides is 1. The van der Waals surface area contributed by atoms with E-state index in [-0.39, 0.29) is 12.2 Å². The lowest BCUT2D eigenvalue weighted by atomic mass is 9.77. The van der Waals surface area contributed by atoms with Gasteiger partial charge < -0.3 is 16.2 Å². The molecule has 5 heteroatoms. The summed E-state index contributed by atoms with van der Waals surface area (Å²) in [6, 6.07) is 3.86. The lowest BCUT2D eigenvalue weighted by Crippen LogP contribution is -2.56. The monoisotopic (exact) mass is 238 g/mol. The van der Waals surface area contributed by atoms with Crippen LogP contribution in [0, 0.1) is 5.82 Å². The van der Waals surface area contributed by atoms with Crippen molar-refractivity contribution in [1.29, 1.82) is 0 Å². The predicted molar refractivity (Wildman–Crippen MR) is 61.9 cm³/mol. The van der Waals surface area contributed by atoms with Crippen LogP contribution in [0.15, 0.2) is 18.2 Å². The van der Waals surface area contributed by atoms with Gasteiger partial charge in [0.05, 0.1) is 17.7 Å². The number of nitrogen functional groups attached to an aromatic ring is 1. The first kappa shape index (κ1) is 11.9. The van der Waals surface area contributed by atoms with E-state index in [4.69, 9.17) is 5.73 Å². The third-order valence-corrected chi connectivity index (χ3v) is 3.23. The maximum Gasteiger partial charge on any atom is 0.254 e. The highest BCUT2D eigenvalue weighted by molar-refractivity contribution is 5.95. The molecule has 1 aromatic rings. The van der Waals surface area contributed by atoms with Crippen LogP contribution < -0.4 is 11.1 Å². The third-order valence-electron chi connectivity index (χ3n) is 3.23. The fourth-order valence-corrected chi connectivity index (χ4v) is 1.95. The van der Waals surface area contributed by atoms with Gasteiger partial charge >= 0.3 is 0 Å². The highest BCUT2D eigenvalue weighted by Crippen LogP contribution is 2.31. The molecule has 1 fully saturated rings. The van der Waals surface area contributed by atoms with E-state index < -0.39 is 17.3 Å². The van der Waals surface area contributed by atoms with E-state index in [2.05, 4.69) is 5.32 Å². The Balaban J connectivity index is 2.17. The molecule has 0 spiro atoms. The van der Waals surface area contributed by atoms with Crippen LogP contribution in [0.5, 0.6) is 0 Å². The van der Waals surface area contributed by atoms with Crippen molar-refractivity contribution in [2.75, 3.05) is 12.3 Å². The van der Waals surface area contributed by atoms with E-state index in [9.17, 15) is 14.3 Å². The molecule has 0 aliphatic heterocycles. The largest absolute Gasteiger partial charge is 0.399 e. The van der Waals surface area contributed by atoms with Crippen LogP contribution in [-0.2, 0) is 0 Å². The molecule has 0 atom stereocenters. The Hall–Kier alpha value is -1.62. The van der Waals surface area contributed by atoms with Gasteiger partial charge in [-0.3, -0.25) is 4.79 Å². The summed E-state index contributed by atoms with van der Waals surface area (Å²) < 4.78 is 13.4. The number of nitrogens with two attached hydrogens (primary N) is 1. The summed E-state index contributed by atoms with van der Waals surface area (Å²) in [4.78, 5) is 11.9. The minimum Gasteiger partial charge on any atom is -0.399 e. The van der Waals surface area contributed by atoms with E-state index in [1.165, 1.54) is 12.1 Å². The molecule has 0 saturated heterocycles. The number of halogens is 1. The number of anilines is 1. The quantitative estimate of drug-likeness (QED) is 0.689. The maximum absolute atomic E-state index is 13.4. The number of carbonyl (C=O) groups is 1. The molecule has 17 heavy (non-hydrogen) atoms. The molecule has 0 unspecified atom stereocenters. The van der Waals surface area contributed by atoms with Crippen molar-refractivity contribution >= 4 is 11.6 Å². The van der Waals surface area contributed by atoms with Crippen LogP contribution in [-0.4, -0.2) is 23.2 Å². The molecule has 1 aliphatic rings. The first-order valence-corrected chi connectivity index (χ1v) is 5.55. The summed E-state index contributed by atoms with van der Waals surface area (Å²) in [5.74, 6) is -1.13. The summed E-state index contributed by atoms with van der Waals surface area (Å²) in [5.41, 5.74) is 5.19. The number of hydrogen-bond acceptors (Lipinski definition) is 3. The molecule has 92 valence electrons. The standard InChI is InChI=1S/C12H15FN2O2/c13-10-3-2-8(14)6-9(10)11(17)15-12(7-16)4-1-5-12/h2-3,6,16H,1,4-5,7,14H2,(H,15,17). The summed E-state index contributed by atoms with van der Waals surface area (Å²) in [6.45, 7) is -0.122. The van der Waals surface area contributed by atoms with Gasteiger partial charge in [0.15, 0.2) is 0 Å². The zero-order chi connectivity index (χ0) is 12.5. The molecule has 4 N–H and O–H groups in total. The predicted octanol–water partition coefficient (Wildman–Crippen LogP) is 1.05. The molecule has 1 aliphatic carbocycles. The Labute approximate surface area is 98.6 Å². The van der Waals surface area contributed by atoms with Gasteiger partial charge in [-0.05, 0) is 37.5 Å². The molecule has 4 nitrogen and oxygen atoms in total. The maximum atomic E-state index is 13.4. The van der Waals surface area contributed by atoms with Crippen molar-refractivity contribution in [1.82, 2.24) is 5.32 Å². The zero-order valence-corrected chi connectivity index (χ0v) is 9.37. The Bertz CT molecular complexity index is 439. The molecule has 1 saturated carbocycles. The minimum absolute atomic E-state index is 0.0790. The number of rotatable bonds is 3. The van der Waals surface area contributed by atoms with Gasteiger partial charge in [-0.1, -0.05) is 0 Å². The Morgan fingerprint density at radius 3 is 2.76 bits per heavy atom. The SMILES string of the molecule is Nc1ccc(F)c(C(=O)NC2(CO)CCC2)c1. The summed E-state index contributed by atoms with van der Waals surface area (Å²) in [5, 5.41) is 11.9. The van der Waals surface area contributed by atoms with E-state index in [0.29, 0.717) is 5.69 Å². The molecule has 1 amide bonds. The van der Waals surface area contributed by atoms with E-state index in [1.54, 1.807) is 0 Å². The second-order valence-corrected chi connectivity index (χ2v) is 4.49. The van der Waals surface area contributed by atoms with Gasteiger partial charge in [0.2, 0.25) is 0 Å². The van der Waals surface area contributed by atoms with Gasteiger partial charge in [0.25, 0.3) is 5.91 Å². The van der Waals surface area contributed by atoms with Gasteiger partial charge in [0.1, 0.15) is 5.82 Å². The topological polar surface area (TPSA) is 75.4 Å². The number of carbonyl (C=O) groups excluding carboxylic acids is 1. The van der Waals surface area contributed by atoms with Crippen LogP contribution in [0.1, 0.15) is 29.6 Å². The average molecular weight is 238 g/mol. The zero-order valence-electron chi connectivity index (χ0n) is 9.37. The fourth-order valence-electron chi connectivity index (χ4n) is 1.95. The minimum atomic E-state index is -0.607. The van der Waals surface area contributed by atoms with Crippen molar-refractivity contribution < 1.29 is 14.3 Å². The van der Waals surface area contributed by atoms with Crippen LogP contribution in [0.3, 0.4) is 0 Å². The molecular formula is C12H15FN2O2. The van der Waals surface area contributed by atoms with Crippen LogP contribution in [0.2, 0.25) is 0 Å². The average Bonchev–Trinajstić information content (AvgIpc) is 2.26. The van der Waals surface area contributed by atoms with Crippen molar-refractivity contribution in [2.45, 2.75) is 24.8 Å². The number of aliphatic hydroxyl groups is 1. The summed E-state index contributed by atoms with van der Waals surface area (Å²) in [6.07, 6.45) is 2.40. The molecule has 2 rings (SSSR count). The lowest BCUT2D eigenvalue weighted by Gasteiger charge is -2.40. The molecule has 0 aromatic heterocycles. The van der Waals surface area contributed by atoms with Crippen LogP contribution in [0.4, 0.5) is 10.1 Å². The fraction of sp³-hybridized carbons (Fsp3) is 0.417. The molecule has 0 bridgehead atoms. The summed E-state index contributed by atoms with van der Waals surface area (Å²) in [7, 11) is 0. The van der Waals surface area contributed by atoms with Gasteiger partial charge in [0, 0.05) is 5.69 Å². The van der Waals surface area contributed by atoms with Gasteiger partial charge in [-0.2, -0.15) is 0 Å². The normalized spacial score (nSPS) is 17.3. The number of aliphatic hydroxyl groups excluding tert-OH is 1. The van der Waals surface area contributed by atoms with Crippen molar-refractivity contribution in [2.24, 2.45) is 0 Å². The van der Waals surface area contributed by atoms with E-state index in [0.717, 1.165) is 25.3 Å². The highest BCUT2D eigenvalue weighted by Gasteiger charge is 2.38. The van der Waals surface area contributed by atoms with Crippen molar-refractivity contribution in [3.63, 3.8) is 0 Å². The number of benzene rings is 1. The molecule has 1 aromatic carbocycles. The second kappa shape index (κ2) is 4.33. The first-order valence-electron chi connectivity index (χ1n) is 5.55. The number of hydrogen-bond donors (Lipinski definition) is 3. The Kier molecular flexibility index (Phi) is 3.02. The second-order valence-electron chi connectivity index (χ2n) is 4.49. The third kappa shape index (κ3) is 2.24. The first-order chi connectivity index (χ1) is 8.06. The lowest BCUT2D eigenvalue weighted by molar-refractivity contribution is 0.0638. The molecule has 0 heterocycles. The van der Waals surface area contributed by atoms with E-state index >= 15 is 0 Å². The van der Waals surface area contributed by atoms with Crippen molar-refractivity contribution in [3.05, 3.63) is 29.6 Å². The van der Waals surface area contributed by atoms with Gasteiger partial charge in [-0.25, -0.2) is 4.39 Å². The molecular weight excluding hydrogens is 223 g/mol. The Morgan fingerprint density at radius 2 is 2.24 bits per heavy atom. The number of nitrogens with one attached hydrogen (secondary N) is 1. The smallest absolute Gasteiger partial charge is 0.254 e.